The van der Waals surface area contributed by atoms with Gasteiger partial charge in [-0.15, -0.1) is 0 Å². The van der Waals surface area contributed by atoms with Crippen LogP contribution in [0.3, 0.4) is 0 Å². The van der Waals surface area contributed by atoms with Crippen molar-refractivity contribution in [1.29, 1.82) is 0 Å². The van der Waals surface area contributed by atoms with Crippen LogP contribution in [0.15, 0.2) is 24.5 Å². The first-order valence-corrected chi connectivity index (χ1v) is 7.31. The van der Waals surface area contributed by atoms with Crippen molar-refractivity contribution in [3.8, 4) is 0 Å². The van der Waals surface area contributed by atoms with Crippen molar-refractivity contribution in [3.63, 3.8) is 0 Å². The lowest BCUT2D eigenvalue weighted by Gasteiger charge is -2.57. The van der Waals surface area contributed by atoms with E-state index >= 15 is 0 Å². The summed E-state index contributed by atoms with van der Waals surface area (Å²) in [4.78, 5) is 0. The highest BCUT2D eigenvalue weighted by atomic mass is 16.5. The molecule has 4 rings (SSSR count). The summed E-state index contributed by atoms with van der Waals surface area (Å²) < 4.78 is 4.94. The van der Waals surface area contributed by atoms with Crippen molar-refractivity contribution in [3.05, 3.63) is 24.5 Å². The van der Waals surface area contributed by atoms with Crippen LogP contribution in [0.1, 0.15) is 38.5 Å². The van der Waals surface area contributed by atoms with E-state index in [2.05, 4.69) is 11.9 Å². The summed E-state index contributed by atoms with van der Waals surface area (Å²) in [5.41, 5.74) is 1.56. The standard InChI is InChI=1S/C16H25NO/c1-12(3-4-18-2)11-17-16-8-13-5-14(9-16)7-15(6-13)10-16/h3-4,13-15,17H,1,5-11H2,2H3. The third-order valence-corrected chi connectivity index (χ3v) is 5.17. The van der Waals surface area contributed by atoms with E-state index in [1.165, 1.54) is 38.5 Å². The van der Waals surface area contributed by atoms with E-state index in [0.717, 1.165) is 29.9 Å². The first kappa shape index (κ1) is 12.3. The Hall–Kier alpha value is -0.760. The third kappa shape index (κ3) is 2.35. The molecule has 0 aromatic rings. The zero-order valence-electron chi connectivity index (χ0n) is 11.5. The molecule has 0 atom stereocenters. The van der Waals surface area contributed by atoms with E-state index in [1.807, 2.05) is 6.08 Å². The second kappa shape index (κ2) is 4.73. The minimum Gasteiger partial charge on any atom is -0.504 e. The maximum atomic E-state index is 4.94. The SMILES string of the molecule is C=C(C=COC)CNC12CC3CC(CC(C3)C1)C2. The number of hydrogen-bond acceptors (Lipinski definition) is 2. The maximum Gasteiger partial charge on any atom is 0.0827 e. The number of methoxy groups -OCH3 is 1. The van der Waals surface area contributed by atoms with Gasteiger partial charge in [0.25, 0.3) is 0 Å². The summed E-state index contributed by atoms with van der Waals surface area (Å²) >= 11 is 0. The molecule has 4 saturated carbocycles. The van der Waals surface area contributed by atoms with Crippen molar-refractivity contribution in [2.75, 3.05) is 13.7 Å². The lowest BCUT2D eigenvalue weighted by Crippen LogP contribution is -2.58. The maximum absolute atomic E-state index is 4.94. The molecule has 4 aliphatic rings. The number of ether oxygens (including phenoxy) is 1. The first-order chi connectivity index (χ1) is 8.69. The molecule has 4 fully saturated rings. The van der Waals surface area contributed by atoms with Crippen LogP contribution >= 0.6 is 0 Å². The Balaban J connectivity index is 1.59. The Morgan fingerprint density at radius 2 is 1.78 bits per heavy atom. The average molecular weight is 247 g/mol. The zero-order valence-corrected chi connectivity index (χ0v) is 11.5. The van der Waals surface area contributed by atoms with Crippen LogP contribution in [0, 0.1) is 17.8 Å². The van der Waals surface area contributed by atoms with E-state index in [4.69, 9.17) is 4.74 Å². The van der Waals surface area contributed by atoms with Gasteiger partial charge in [0, 0.05) is 12.1 Å². The summed E-state index contributed by atoms with van der Waals surface area (Å²) in [6, 6.07) is 0. The Kier molecular flexibility index (Phi) is 3.23. The monoisotopic (exact) mass is 247 g/mol. The largest absolute Gasteiger partial charge is 0.504 e. The molecular formula is C16H25NO. The van der Waals surface area contributed by atoms with Gasteiger partial charge in [0.05, 0.1) is 13.4 Å². The van der Waals surface area contributed by atoms with Crippen LogP contribution in [0.25, 0.3) is 0 Å². The molecule has 0 aromatic heterocycles. The van der Waals surface area contributed by atoms with E-state index < -0.39 is 0 Å². The van der Waals surface area contributed by atoms with Crippen LogP contribution in [0.4, 0.5) is 0 Å². The first-order valence-electron chi connectivity index (χ1n) is 7.31. The Morgan fingerprint density at radius 3 is 2.28 bits per heavy atom. The Labute approximate surface area is 110 Å². The molecule has 0 aromatic carbocycles. The Bertz CT molecular complexity index is 323. The van der Waals surface area contributed by atoms with E-state index in [1.54, 1.807) is 13.4 Å². The van der Waals surface area contributed by atoms with E-state index in [-0.39, 0.29) is 0 Å². The lowest BCUT2D eigenvalue weighted by molar-refractivity contribution is -0.0181. The van der Waals surface area contributed by atoms with E-state index in [0.29, 0.717) is 5.54 Å². The van der Waals surface area contributed by atoms with Crippen LogP contribution < -0.4 is 5.32 Å². The molecule has 18 heavy (non-hydrogen) atoms. The quantitative estimate of drug-likeness (QED) is 0.595. The third-order valence-electron chi connectivity index (χ3n) is 5.17. The highest BCUT2D eigenvalue weighted by Gasteiger charge is 2.50. The molecule has 0 aliphatic heterocycles. The van der Waals surface area contributed by atoms with Crippen LogP contribution in [-0.2, 0) is 4.74 Å². The molecule has 4 aliphatic carbocycles. The molecule has 0 saturated heterocycles. The summed E-state index contributed by atoms with van der Waals surface area (Å²) in [5.74, 6) is 3.02. The smallest absolute Gasteiger partial charge is 0.0827 e. The molecule has 1 N–H and O–H groups in total. The zero-order chi connectivity index (χ0) is 12.6. The van der Waals surface area contributed by atoms with Gasteiger partial charge in [0.1, 0.15) is 0 Å². The molecule has 2 nitrogen and oxygen atoms in total. The number of rotatable bonds is 5. The summed E-state index contributed by atoms with van der Waals surface area (Å²) in [6.45, 7) is 4.99. The summed E-state index contributed by atoms with van der Waals surface area (Å²) in [5, 5.41) is 3.83. The van der Waals surface area contributed by atoms with Gasteiger partial charge in [0.15, 0.2) is 0 Å². The minimum absolute atomic E-state index is 0.443. The summed E-state index contributed by atoms with van der Waals surface area (Å²) in [6.07, 6.45) is 12.4. The molecule has 0 amide bonds. The fourth-order valence-corrected chi connectivity index (χ4v) is 4.85. The number of hydrogen-bond donors (Lipinski definition) is 1. The second-order valence-electron chi connectivity index (χ2n) is 6.75. The van der Waals surface area contributed by atoms with Gasteiger partial charge in [-0.1, -0.05) is 6.58 Å². The molecule has 100 valence electrons. The molecule has 0 spiro atoms. The molecule has 0 radical (unpaired) electrons. The van der Waals surface area contributed by atoms with Crippen molar-refractivity contribution in [1.82, 2.24) is 5.32 Å². The highest BCUT2D eigenvalue weighted by Crippen LogP contribution is 2.55. The highest BCUT2D eigenvalue weighted by molar-refractivity contribution is 5.16. The van der Waals surface area contributed by atoms with Crippen molar-refractivity contribution in [2.24, 2.45) is 17.8 Å². The van der Waals surface area contributed by atoms with Gasteiger partial charge in [-0.3, -0.25) is 0 Å². The van der Waals surface area contributed by atoms with Crippen LogP contribution in [0.5, 0.6) is 0 Å². The van der Waals surface area contributed by atoms with Gasteiger partial charge in [-0.05, 0) is 67.9 Å². The van der Waals surface area contributed by atoms with Crippen LogP contribution in [0.2, 0.25) is 0 Å². The lowest BCUT2D eigenvalue weighted by atomic mass is 9.53. The van der Waals surface area contributed by atoms with Gasteiger partial charge >= 0.3 is 0 Å². The average Bonchev–Trinajstić information content (AvgIpc) is 2.32. The predicted octanol–water partition coefficient (Wildman–Crippen LogP) is 3.26. The van der Waals surface area contributed by atoms with Crippen molar-refractivity contribution in [2.45, 2.75) is 44.1 Å². The van der Waals surface area contributed by atoms with Crippen molar-refractivity contribution < 1.29 is 4.74 Å². The van der Waals surface area contributed by atoms with Gasteiger partial charge in [0.2, 0.25) is 0 Å². The predicted molar refractivity (Wildman–Crippen MR) is 74.2 cm³/mol. The summed E-state index contributed by atoms with van der Waals surface area (Å²) in [7, 11) is 1.68. The van der Waals surface area contributed by atoms with Gasteiger partial charge in [-0.2, -0.15) is 0 Å². The number of nitrogens with one attached hydrogen (secondary N) is 1. The topological polar surface area (TPSA) is 21.3 Å². The fraction of sp³-hybridized carbons (Fsp3) is 0.750. The van der Waals surface area contributed by atoms with Gasteiger partial charge in [-0.25, -0.2) is 0 Å². The van der Waals surface area contributed by atoms with Gasteiger partial charge < -0.3 is 10.1 Å². The normalized spacial score (nSPS) is 41.5. The molecular weight excluding hydrogens is 222 g/mol. The molecule has 0 unspecified atom stereocenters. The Morgan fingerprint density at radius 1 is 1.22 bits per heavy atom. The fourth-order valence-electron chi connectivity index (χ4n) is 4.85. The van der Waals surface area contributed by atoms with Crippen molar-refractivity contribution >= 4 is 0 Å². The second-order valence-corrected chi connectivity index (χ2v) is 6.75. The van der Waals surface area contributed by atoms with E-state index in [9.17, 15) is 0 Å². The molecule has 2 heteroatoms. The minimum atomic E-state index is 0.443. The molecule has 4 bridgehead atoms. The molecule has 0 heterocycles. The van der Waals surface area contributed by atoms with Crippen LogP contribution in [-0.4, -0.2) is 19.2 Å².